The lowest BCUT2D eigenvalue weighted by molar-refractivity contribution is -0.118. The minimum atomic E-state index is -0.241. The molecule has 0 aromatic heterocycles. The van der Waals surface area contributed by atoms with Gasteiger partial charge in [-0.3, -0.25) is 4.79 Å². The van der Waals surface area contributed by atoms with Gasteiger partial charge in [-0.2, -0.15) is 0 Å². The lowest BCUT2D eigenvalue weighted by atomic mass is 10.2. The monoisotopic (exact) mass is 368 g/mol. The lowest BCUT2D eigenvalue weighted by Gasteiger charge is -2.11. The zero-order valence-corrected chi connectivity index (χ0v) is 13.4. The van der Waals surface area contributed by atoms with Crippen LogP contribution in [0.25, 0.3) is 0 Å². The maximum Gasteiger partial charge on any atom is 0.262 e. The van der Waals surface area contributed by atoms with E-state index in [2.05, 4.69) is 21.2 Å². The van der Waals surface area contributed by atoms with Crippen molar-refractivity contribution in [3.05, 3.63) is 57.5 Å². The Balaban J connectivity index is 1.93. The van der Waals surface area contributed by atoms with Crippen LogP contribution in [0.15, 0.2) is 46.9 Å². The van der Waals surface area contributed by atoms with Gasteiger partial charge < -0.3 is 15.8 Å². The van der Waals surface area contributed by atoms with E-state index in [0.717, 1.165) is 10.0 Å². The summed E-state index contributed by atoms with van der Waals surface area (Å²) in [7, 11) is 0. The van der Waals surface area contributed by atoms with Gasteiger partial charge in [0.25, 0.3) is 5.91 Å². The second-order valence-electron chi connectivity index (χ2n) is 4.30. The van der Waals surface area contributed by atoms with E-state index >= 15 is 0 Å². The van der Waals surface area contributed by atoms with Crippen LogP contribution in [0.4, 0.5) is 5.69 Å². The zero-order chi connectivity index (χ0) is 15.2. The third-order valence-electron chi connectivity index (χ3n) is 2.73. The predicted molar refractivity (Wildman–Crippen MR) is 87.6 cm³/mol. The predicted octanol–water partition coefficient (Wildman–Crippen LogP) is 3.58. The van der Waals surface area contributed by atoms with Gasteiger partial charge >= 0.3 is 0 Å². The Morgan fingerprint density at radius 3 is 2.62 bits per heavy atom. The number of carbonyl (C=O) groups excluding carboxylic acids is 1. The number of ether oxygens (including phenoxy) is 1. The molecule has 0 fully saturated rings. The molecule has 1 amide bonds. The molecule has 0 atom stereocenters. The van der Waals surface area contributed by atoms with E-state index < -0.39 is 0 Å². The second-order valence-corrected chi connectivity index (χ2v) is 5.65. The first-order chi connectivity index (χ1) is 10.1. The molecule has 0 aliphatic carbocycles. The van der Waals surface area contributed by atoms with Crippen LogP contribution < -0.4 is 15.8 Å². The third-order valence-corrected chi connectivity index (χ3v) is 3.49. The van der Waals surface area contributed by atoms with Crippen molar-refractivity contribution < 1.29 is 9.53 Å². The number of nitrogens with two attached hydrogens (primary N) is 1. The van der Waals surface area contributed by atoms with Crippen LogP contribution in [0, 0.1) is 0 Å². The average molecular weight is 370 g/mol. The van der Waals surface area contributed by atoms with Gasteiger partial charge in [-0.05, 0) is 42.5 Å². The van der Waals surface area contributed by atoms with Crippen molar-refractivity contribution in [2.24, 2.45) is 5.73 Å². The van der Waals surface area contributed by atoms with Crippen molar-refractivity contribution in [1.82, 2.24) is 0 Å². The first-order valence-electron chi connectivity index (χ1n) is 6.25. The molecule has 3 N–H and O–H groups in total. The SMILES string of the molecule is NCc1cc(Cl)ccc1OCC(=O)Nc1ccc(Br)cc1. The molecule has 0 aliphatic rings. The summed E-state index contributed by atoms with van der Waals surface area (Å²) >= 11 is 9.22. The van der Waals surface area contributed by atoms with Crippen molar-refractivity contribution >= 4 is 39.1 Å². The molecule has 0 radical (unpaired) electrons. The highest BCUT2D eigenvalue weighted by atomic mass is 79.9. The van der Waals surface area contributed by atoms with Gasteiger partial charge in [-0.1, -0.05) is 27.5 Å². The fourth-order valence-electron chi connectivity index (χ4n) is 1.72. The maximum atomic E-state index is 11.8. The van der Waals surface area contributed by atoms with E-state index in [1.54, 1.807) is 30.3 Å². The number of rotatable bonds is 5. The molecule has 0 unspecified atom stereocenters. The summed E-state index contributed by atoms with van der Waals surface area (Å²) in [5.74, 6) is 0.322. The topological polar surface area (TPSA) is 64.3 Å². The number of nitrogens with one attached hydrogen (secondary N) is 1. The van der Waals surface area contributed by atoms with Crippen molar-refractivity contribution in [3.8, 4) is 5.75 Å². The van der Waals surface area contributed by atoms with Gasteiger partial charge in [0.2, 0.25) is 0 Å². The molecule has 110 valence electrons. The van der Waals surface area contributed by atoms with Crippen LogP contribution in [0.3, 0.4) is 0 Å². The minimum absolute atomic E-state index is 0.0926. The molecule has 2 aromatic rings. The molecule has 4 nitrogen and oxygen atoms in total. The van der Waals surface area contributed by atoms with Crippen molar-refractivity contribution in [1.29, 1.82) is 0 Å². The number of benzene rings is 2. The highest BCUT2D eigenvalue weighted by Crippen LogP contribution is 2.22. The van der Waals surface area contributed by atoms with Gasteiger partial charge in [-0.25, -0.2) is 0 Å². The highest BCUT2D eigenvalue weighted by Gasteiger charge is 2.07. The molecule has 6 heteroatoms. The molecule has 0 saturated carbocycles. The van der Waals surface area contributed by atoms with E-state index in [1.165, 1.54) is 0 Å². The Morgan fingerprint density at radius 2 is 1.95 bits per heavy atom. The van der Waals surface area contributed by atoms with Crippen LogP contribution in [-0.2, 0) is 11.3 Å². The standard InChI is InChI=1S/C15H14BrClN2O2/c16-11-1-4-13(5-2-11)19-15(20)9-21-14-6-3-12(17)7-10(14)8-18/h1-7H,8-9,18H2,(H,19,20). The second kappa shape index (κ2) is 7.45. The van der Waals surface area contributed by atoms with E-state index in [-0.39, 0.29) is 12.5 Å². The van der Waals surface area contributed by atoms with E-state index in [0.29, 0.717) is 23.0 Å². The summed E-state index contributed by atoms with van der Waals surface area (Å²) in [6.07, 6.45) is 0. The molecule has 0 spiro atoms. The normalized spacial score (nSPS) is 10.2. The average Bonchev–Trinajstić information content (AvgIpc) is 2.48. The van der Waals surface area contributed by atoms with Crippen LogP contribution in [0.5, 0.6) is 5.75 Å². The number of hydrogen-bond donors (Lipinski definition) is 2. The smallest absolute Gasteiger partial charge is 0.262 e. The summed E-state index contributed by atoms with van der Waals surface area (Å²) < 4.78 is 6.43. The number of halogens is 2. The molecule has 0 heterocycles. The molecule has 2 aromatic carbocycles. The van der Waals surface area contributed by atoms with Crippen LogP contribution in [0.1, 0.15) is 5.56 Å². The van der Waals surface area contributed by atoms with Gasteiger partial charge in [0.1, 0.15) is 5.75 Å². The Bertz CT molecular complexity index is 632. The quantitative estimate of drug-likeness (QED) is 0.846. The molecule has 0 saturated heterocycles. The van der Waals surface area contributed by atoms with Gasteiger partial charge in [0.05, 0.1) is 0 Å². The summed E-state index contributed by atoms with van der Waals surface area (Å²) in [6, 6.07) is 12.4. The van der Waals surface area contributed by atoms with Crippen molar-refractivity contribution in [2.45, 2.75) is 6.54 Å². The minimum Gasteiger partial charge on any atom is -0.483 e. The molecule has 0 aliphatic heterocycles. The van der Waals surface area contributed by atoms with E-state index in [4.69, 9.17) is 22.1 Å². The largest absolute Gasteiger partial charge is 0.483 e. The summed E-state index contributed by atoms with van der Waals surface area (Å²) in [5.41, 5.74) is 7.09. The molecule has 0 bridgehead atoms. The molecule has 21 heavy (non-hydrogen) atoms. The third kappa shape index (κ3) is 4.74. The Hall–Kier alpha value is -1.56. The first kappa shape index (κ1) is 15.8. The summed E-state index contributed by atoms with van der Waals surface area (Å²) in [4.78, 5) is 11.8. The van der Waals surface area contributed by atoms with Gasteiger partial charge in [0, 0.05) is 27.3 Å². The highest BCUT2D eigenvalue weighted by molar-refractivity contribution is 9.10. The van der Waals surface area contributed by atoms with Crippen molar-refractivity contribution in [2.75, 3.05) is 11.9 Å². The fraction of sp³-hybridized carbons (Fsp3) is 0.133. The lowest BCUT2D eigenvalue weighted by Crippen LogP contribution is -2.20. The maximum absolute atomic E-state index is 11.8. The first-order valence-corrected chi connectivity index (χ1v) is 7.42. The Kier molecular flexibility index (Phi) is 5.61. The van der Waals surface area contributed by atoms with Crippen LogP contribution in [0.2, 0.25) is 5.02 Å². The number of amides is 1. The van der Waals surface area contributed by atoms with Gasteiger partial charge in [-0.15, -0.1) is 0 Å². The summed E-state index contributed by atoms with van der Waals surface area (Å²) in [6.45, 7) is 0.203. The van der Waals surface area contributed by atoms with Crippen molar-refractivity contribution in [3.63, 3.8) is 0 Å². The fourth-order valence-corrected chi connectivity index (χ4v) is 2.18. The Morgan fingerprint density at radius 1 is 1.24 bits per heavy atom. The number of anilines is 1. The summed E-state index contributed by atoms with van der Waals surface area (Å²) in [5, 5.41) is 3.33. The van der Waals surface area contributed by atoms with Crippen LogP contribution in [-0.4, -0.2) is 12.5 Å². The molecular formula is C15H14BrClN2O2. The van der Waals surface area contributed by atoms with Gasteiger partial charge in [0.15, 0.2) is 6.61 Å². The zero-order valence-electron chi connectivity index (χ0n) is 11.1. The molecule has 2 rings (SSSR count). The van der Waals surface area contributed by atoms with E-state index in [1.807, 2.05) is 12.1 Å². The van der Waals surface area contributed by atoms with Crippen LogP contribution >= 0.6 is 27.5 Å². The van der Waals surface area contributed by atoms with E-state index in [9.17, 15) is 4.79 Å². The molecular weight excluding hydrogens is 356 g/mol. The number of hydrogen-bond acceptors (Lipinski definition) is 3. The Labute approximate surface area is 136 Å². The number of carbonyl (C=O) groups is 1.